The van der Waals surface area contributed by atoms with Crippen LogP contribution in [0, 0.1) is 0 Å². The number of nitrogens with zero attached hydrogens (tertiary/aromatic N) is 2. The van der Waals surface area contributed by atoms with Crippen LogP contribution < -0.4 is 14.8 Å². The summed E-state index contributed by atoms with van der Waals surface area (Å²) < 4.78 is 12.2. The fraction of sp³-hybridized carbons (Fsp3) is 0.318. The third-order valence-electron chi connectivity index (χ3n) is 5.28. The van der Waals surface area contributed by atoms with Crippen molar-refractivity contribution in [1.29, 1.82) is 0 Å². The minimum Gasteiger partial charge on any atom is -0.448 e. The average Bonchev–Trinajstić information content (AvgIpc) is 3.38. The summed E-state index contributed by atoms with van der Waals surface area (Å²) in [4.78, 5) is 16.8. The fourth-order valence-electron chi connectivity index (χ4n) is 3.83. The normalized spacial score (nSPS) is 16.5. The van der Waals surface area contributed by atoms with Crippen molar-refractivity contribution in [2.75, 3.05) is 11.1 Å². The molecule has 30 heavy (non-hydrogen) atoms. The number of anilines is 1. The van der Waals surface area contributed by atoms with Gasteiger partial charge in [-0.2, -0.15) is 0 Å². The molecule has 0 saturated heterocycles. The fourth-order valence-corrected chi connectivity index (χ4v) is 4.43. The number of rotatable bonds is 5. The largest absolute Gasteiger partial charge is 0.448 e. The number of amides is 1. The van der Waals surface area contributed by atoms with Gasteiger partial charge in [0.05, 0.1) is 5.75 Å². The van der Waals surface area contributed by atoms with Gasteiger partial charge in [0.2, 0.25) is 11.1 Å². The highest BCUT2D eigenvalue weighted by molar-refractivity contribution is 7.99. The minimum atomic E-state index is -0.513. The Morgan fingerprint density at radius 3 is 2.70 bits per heavy atom. The number of aromatic nitrogens is 3. The van der Waals surface area contributed by atoms with Gasteiger partial charge >= 0.3 is 0 Å². The van der Waals surface area contributed by atoms with Gasteiger partial charge in [0, 0.05) is 30.2 Å². The van der Waals surface area contributed by atoms with E-state index in [0.717, 1.165) is 37.0 Å². The Labute approximate surface area is 178 Å². The van der Waals surface area contributed by atoms with Crippen molar-refractivity contribution < 1.29 is 14.3 Å². The molecule has 1 spiro atoms. The standard InChI is InChI=1S/C22H22N4O3S/c27-19(14-30-21-24-20(25-26-21)15-7-3-1-4-8-15)23-16-9-10-17-18(13-16)29-22(28-17)11-5-2-6-12-22/h1,3-4,7-10,13H,2,5-6,11-12,14H2,(H,23,27)(H,24,25,26). The van der Waals surface area contributed by atoms with Gasteiger partial charge in [-0.3, -0.25) is 9.89 Å². The van der Waals surface area contributed by atoms with Gasteiger partial charge in [0.25, 0.3) is 5.79 Å². The molecular weight excluding hydrogens is 400 g/mol. The van der Waals surface area contributed by atoms with E-state index in [1.807, 2.05) is 48.5 Å². The van der Waals surface area contributed by atoms with Crippen molar-refractivity contribution in [3.05, 3.63) is 48.5 Å². The molecule has 5 rings (SSSR count). The highest BCUT2D eigenvalue weighted by atomic mass is 32.2. The zero-order valence-electron chi connectivity index (χ0n) is 16.4. The summed E-state index contributed by atoms with van der Waals surface area (Å²) >= 11 is 1.28. The number of carbonyl (C=O) groups is 1. The van der Waals surface area contributed by atoms with Gasteiger partial charge in [-0.15, -0.1) is 5.10 Å². The van der Waals surface area contributed by atoms with Gasteiger partial charge in [-0.05, 0) is 25.0 Å². The van der Waals surface area contributed by atoms with Gasteiger partial charge in [0.1, 0.15) is 0 Å². The molecule has 2 heterocycles. The van der Waals surface area contributed by atoms with Crippen molar-refractivity contribution in [2.24, 2.45) is 0 Å². The first-order chi connectivity index (χ1) is 14.7. The Morgan fingerprint density at radius 1 is 1.07 bits per heavy atom. The van der Waals surface area contributed by atoms with Crippen LogP contribution >= 0.6 is 11.8 Å². The maximum atomic E-state index is 12.4. The van der Waals surface area contributed by atoms with E-state index in [1.54, 1.807) is 0 Å². The molecule has 1 fully saturated rings. The molecule has 0 bridgehead atoms. The number of fused-ring (bicyclic) bond motifs is 1. The molecule has 1 aliphatic carbocycles. The van der Waals surface area contributed by atoms with E-state index < -0.39 is 5.79 Å². The summed E-state index contributed by atoms with van der Waals surface area (Å²) in [6.07, 6.45) is 5.26. The zero-order valence-corrected chi connectivity index (χ0v) is 17.2. The number of hydrogen-bond donors (Lipinski definition) is 2. The number of nitrogens with one attached hydrogen (secondary N) is 2. The van der Waals surface area contributed by atoms with Crippen LogP contribution in [-0.4, -0.2) is 32.6 Å². The maximum absolute atomic E-state index is 12.4. The molecule has 7 nitrogen and oxygen atoms in total. The van der Waals surface area contributed by atoms with Crippen LogP contribution in [0.15, 0.2) is 53.7 Å². The summed E-state index contributed by atoms with van der Waals surface area (Å²) in [5, 5.41) is 10.5. The molecule has 2 aliphatic rings. The van der Waals surface area contributed by atoms with Crippen molar-refractivity contribution in [3.8, 4) is 22.9 Å². The average molecular weight is 423 g/mol. The van der Waals surface area contributed by atoms with E-state index >= 15 is 0 Å². The number of aromatic amines is 1. The molecule has 0 radical (unpaired) electrons. The minimum absolute atomic E-state index is 0.127. The molecule has 2 aromatic carbocycles. The third kappa shape index (κ3) is 4.00. The quantitative estimate of drug-likeness (QED) is 0.583. The highest BCUT2D eigenvalue weighted by Crippen LogP contribution is 2.46. The molecule has 1 aromatic heterocycles. The Hall–Kier alpha value is -3.00. The first-order valence-electron chi connectivity index (χ1n) is 10.1. The van der Waals surface area contributed by atoms with E-state index in [9.17, 15) is 4.79 Å². The van der Waals surface area contributed by atoms with Crippen LogP contribution in [0.4, 0.5) is 5.69 Å². The number of ether oxygens (including phenoxy) is 2. The summed E-state index contributed by atoms with van der Waals surface area (Å²) in [6.45, 7) is 0. The lowest BCUT2D eigenvalue weighted by molar-refractivity contribution is -0.113. The molecule has 1 saturated carbocycles. The van der Waals surface area contributed by atoms with E-state index in [2.05, 4.69) is 20.5 Å². The van der Waals surface area contributed by atoms with Crippen molar-refractivity contribution in [2.45, 2.75) is 43.0 Å². The van der Waals surface area contributed by atoms with Crippen LogP contribution in [0.2, 0.25) is 0 Å². The van der Waals surface area contributed by atoms with Crippen molar-refractivity contribution in [1.82, 2.24) is 15.2 Å². The van der Waals surface area contributed by atoms with Crippen LogP contribution in [0.25, 0.3) is 11.4 Å². The van der Waals surface area contributed by atoms with E-state index in [4.69, 9.17) is 9.47 Å². The summed E-state index contributed by atoms with van der Waals surface area (Å²) in [5.74, 6) is 1.71. The van der Waals surface area contributed by atoms with Gasteiger partial charge < -0.3 is 14.8 Å². The van der Waals surface area contributed by atoms with E-state index in [-0.39, 0.29) is 11.7 Å². The molecule has 1 aliphatic heterocycles. The van der Waals surface area contributed by atoms with Gasteiger partial charge in [0.15, 0.2) is 17.3 Å². The summed E-state index contributed by atoms with van der Waals surface area (Å²) in [6, 6.07) is 15.3. The predicted molar refractivity (Wildman–Crippen MR) is 115 cm³/mol. The Kier molecular flexibility index (Phi) is 5.08. The summed E-state index contributed by atoms with van der Waals surface area (Å²) in [7, 11) is 0. The second-order valence-corrected chi connectivity index (χ2v) is 8.45. The second kappa shape index (κ2) is 8.02. The molecule has 1 amide bonds. The van der Waals surface area contributed by atoms with Crippen LogP contribution in [0.1, 0.15) is 32.1 Å². The Morgan fingerprint density at radius 2 is 1.87 bits per heavy atom. The number of hydrogen-bond acceptors (Lipinski definition) is 6. The van der Waals surface area contributed by atoms with Gasteiger partial charge in [-0.25, -0.2) is 4.98 Å². The molecule has 2 N–H and O–H groups in total. The maximum Gasteiger partial charge on any atom is 0.251 e. The molecule has 3 aromatic rings. The predicted octanol–water partition coefficient (Wildman–Crippen LogP) is 4.63. The molecule has 0 atom stereocenters. The van der Waals surface area contributed by atoms with Crippen molar-refractivity contribution in [3.63, 3.8) is 0 Å². The lowest BCUT2D eigenvalue weighted by atomic mass is 9.94. The number of carbonyl (C=O) groups excluding carboxylic acids is 1. The molecule has 154 valence electrons. The lowest BCUT2D eigenvalue weighted by Gasteiger charge is -2.31. The highest BCUT2D eigenvalue weighted by Gasteiger charge is 2.42. The van der Waals surface area contributed by atoms with E-state index in [1.165, 1.54) is 18.2 Å². The lowest BCUT2D eigenvalue weighted by Crippen LogP contribution is -2.40. The Bertz CT molecular complexity index is 1050. The zero-order chi connectivity index (χ0) is 20.4. The first kappa shape index (κ1) is 19.0. The third-order valence-corrected chi connectivity index (χ3v) is 6.13. The van der Waals surface area contributed by atoms with E-state index in [0.29, 0.717) is 22.4 Å². The Balaban J connectivity index is 1.17. The van der Waals surface area contributed by atoms with Crippen molar-refractivity contribution >= 4 is 23.4 Å². The smallest absolute Gasteiger partial charge is 0.251 e. The topological polar surface area (TPSA) is 89.1 Å². The SMILES string of the molecule is O=C(CSc1n[nH]c(-c2ccccc2)n1)Nc1ccc2c(c1)OC1(CCCCC1)O2. The molecule has 0 unspecified atom stereocenters. The van der Waals surface area contributed by atoms with Crippen LogP contribution in [0.5, 0.6) is 11.5 Å². The second-order valence-electron chi connectivity index (χ2n) is 7.51. The number of thioether (sulfide) groups is 1. The number of benzene rings is 2. The molecule has 8 heteroatoms. The van der Waals surface area contributed by atoms with Crippen LogP contribution in [-0.2, 0) is 4.79 Å². The monoisotopic (exact) mass is 422 g/mol. The number of H-pyrrole nitrogens is 1. The summed E-state index contributed by atoms with van der Waals surface area (Å²) in [5.41, 5.74) is 1.65. The molecular formula is C22H22N4O3S. The van der Waals surface area contributed by atoms with Crippen LogP contribution in [0.3, 0.4) is 0 Å². The first-order valence-corrected chi connectivity index (χ1v) is 11.1. The van der Waals surface area contributed by atoms with Gasteiger partial charge in [-0.1, -0.05) is 48.5 Å².